The van der Waals surface area contributed by atoms with Gasteiger partial charge < -0.3 is 20.5 Å². The van der Waals surface area contributed by atoms with Crippen molar-refractivity contribution in [3.05, 3.63) is 35.9 Å². The maximum absolute atomic E-state index is 12.1. The molecule has 0 radical (unpaired) electrons. The summed E-state index contributed by atoms with van der Waals surface area (Å²) in [5.41, 5.74) is 1.28. The summed E-state index contributed by atoms with van der Waals surface area (Å²) in [7, 11) is 0. The van der Waals surface area contributed by atoms with Crippen LogP contribution in [0.2, 0.25) is 0 Å². The second-order valence-corrected chi connectivity index (χ2v) is 6.71. The highest BCUT2D eigenvalue weighted by atomic mass is 35.5. The van der Waals surface area contributed by atoms with E-state index in [0.717, 1.165) is 26.2 Å². The Bertz CT molecular complexity index is 536. The van der Waals surface area contributed by atoms with Crippen LogP contribution in [0.1, 0.15) is 12.0 Å². The molecule has 1 aromatic carbocycles. The van der Waals surface area contributed by atoms with Gasteiger partial charge in [0.2, 0.25) is 5.91 Å². The number of morpholine rings is 1. The fourth-order valence-electron chi connectivity index (χ4n) is 3.34. The first-order valence-corrected chi connectivity index (χ1v) is 8.74. The van der Waals surface area contributed by atoms with Crippen molar-refractivity contribution >= 4 is 30.7 Å². The molecule has 3 atom stereocenters. The molecule has 0 spiro atoms. The lowest BCUT2D eigenvalue weighted by Crippen LogP contribution is -2.44. The molecule has 2 fully saturated rings. The van der Waals surface area contributed by atoms with Crippen molar-refractivity contribution in [1.82, 2.24) is 15.5 Å². The number of rotatable bonds is 6. The number of hydrogen-bond donors (Lipinski definition) is 3. The smallest absolute Gasteiger partial charge is 0.222 e. The minimum absolute atomic E-state index is 0. The van der Waals surface area contributed by atoms with Crippen LogP contribution < -0.4 is 10.6 Å². The molecule has 6 nitrogen and oxygen atoms in total. The van der Waals surface area contributed by atoms with Crippen LogP contribution in [0.3, 0.4) is 0 Å². The minimum atomic E-state index is -0.363. The van der Waals surface area contributed by atoms with E-state index in [1.807, 2.05) is 18.2 Å². The van der Waals surface area contributed by atoms with E-state index in [1.54, 1.807) is 0 Å². The minimum Gasteiger partial charge on any atom is -0.391 e. The lowest BCUT2D eigenvalue weighted by molar-refractivity contribution is -0.126. The quantitative estimate of drug-likeness (QED) is 0.653. The normalized spacial score (nSPS) is 25.8. The molecule has 0 aromatic heterocycles. The lowest BCUT2D eigenvalue weighted by Gasteiger charge is -2.32. The van der Waals surface area contributed by atoms with Crippen molar-refractivity contribution < 1.29 is 14.6 Å². The third-order valence-electron chi connectivity index (χ3n) is 4.75. The van der Waals surface area contributed by atoms with Crippen molar-refractivity contribution in [3.8, 4) is 0 Å². The lowest BCUT2D eigenvalue weighted by atomic mass is 10.1. The molecule has 2 saturated heterocycles. The molecule has 8 heteroatoms. The number of carbonyl (C=O) groups excluding carboxylic acids is 1. The van der Waals surface area contributed by atoms with Crippen molar-refractivity contribution in [2.75, 3.05) is 39.3 Å². The van der Waals surface area contributed by atoms with E-state index in [2.05, 4.69) is 27.7 Å². The Balaban J connectivity index is 0.00000169. The summed E-state index contributed by atoms with van der Waals surface area (Å²) in [6.07, 6.45) is -0.0478. The summed E-state index contributed by atoms with van der Waals surface area (Å²) in [6, 6.07) is 10.4. The Morgan fingerprint density at radius 1 is 1.27 bits per heavy atom. The van der Waals surface area contributed by atoms with Crippen LogP contribution in [-0.2, 0) is 16.1 Å². The summed E-state index contributed by atoms with van der Waals surface area (Å²) in [5.74, 6) is 0.108. The standard InChI is InChI=1S/C18H27N3O3.2ClH/c22-17-11-19-9-15(17)10-20-18(23)8-16-13-21(6-7-24-16)12-14-4-2-1-3-5-14;;/h1-5,15-17,19,22H,6-13H2,(H,20,23);2*1H. The van der Waals surface area contributed by atoms with Crippen molar-refractivity contribution in [2.24, 2.45) is 5.92 Å². The van der Waals surface area contributed by atoms with Crippen LogP contribution in [0.25, 0.3) is 0 Å². The highest BCUT2D eigenvalue weighted by Crippen LogP contribution is 2.13. The van der Waals surface area contributed by atoms with Gasteiger partial charge in [0.1, 0.15) is 0 Å². The van der Waals surface area contributed by atoms with Crippen LogP contribution in [0, 0.1) is 5.92 Å². The van der Waals surface area contributed by atoms with E-state index in [0.29, 0.717) is 26.1 Å². The van der Waals surface area contributed by atoms with Gasteiger partial charge in [-0.15, -0.1) is 24.8 Å². The van der Waals surface area contributed by atoms with E-state index >= 15 is 0 Å². The number of β-amino-alcohol motifs (C(OH)–C–C–N with tert-alkyl or cyclic N) is 1. The van der Waals surface area contributed by atoms with E-state index in [4.69, 9.17) is 4.74 Å². The van der Waals surface area contributed by atoms with Gasteiger partial charge in [-0.1, -0.05) is 30.3 Å². The Hall–Kier alpha value is -0.890. The van der Waals surface area contributed by atoms with Gasteiger partial charge in [-0.2, -0.15) is 0 Å². The first-order chi connectivity index (χ1) is 11.7. The van der Waals surface area contributed by atoms with Crippen molar-refractivity contribution in [1.29, 1.82) is 0 Å². The van der Waals surface area contributed by atoms with Gasteiger partial charge in [-0.3, -0.25) is 9.69 Å². The maximum Gasteiger partial charge on any atom is 0.222 e. The molecule has 3 N–H and O–H groups in total. The van der Waals surface area contributed by atoms with Gasteiger partial charge in [0.05, 0.1) is 25.2 Å². The monoisotopic (exact) mass is 405 g/mol. The molecule has 0 aliphatic carbocycles. The van der Waals surface area contributed by atoms with Crippen LogP contribution in [0.5, 0.6) is 0 Å². The Morgan fingerprint density at radius 3 is 2.73 bits per heavy atom. The second-order valence-electron chi connectivity index (χ2n) is 6.71. The summed E-state index contributed by atoms with van der Waals surface area (Å²) in [5, 5.41) is 15.8. The number of benzene rings is 1. The van der Waals surface area contributed by atoms with Crippen LogP contribution >= 0.6 is 24.8 Å². The number of carbonyl (C=O) groups is 1. The van der Waals surface area contributed by atoms with E-state index in [9.17, 15) is 9.90 Å². The van der Waals surface area contributed by atoms with Gasteiger partial charge in [0.25, 0.3) is 0 Å². The molecule has 2 aliphatic rings. The summed E-state index contributed by atoms with van der Waals surface area (Å²) < 4.78 is 5.75. The third kappa shape index (κ3) is 7.02. The summed E-state index contributed by atoms with van der Waals surface area (Å²) in [6.45, 7) is 5.11. The van der Waals surface area contributed by atoms with Crippen molar-refractivity contribution in [2.45, 2.75) is 25.2 Å². The number of aliphatic hydroxyl groups is 1. The fraction of sp³-hybridized carbons (Fsp3) is 0.611. The number of amides is 1. The van der Waals surface area contributed by atoms with Gasteiger partial charge in [-0.25, -0.2) is 0 Å². The van der Waals surface area contributed by atoms with E-state index in [1.165, 1.54) is 5.56 Å². The second kappa shape index (κ2) is 11.7. The zero-order valence-electron chi connectivity index (χ0n) is 14.8. The van der Waals surface area contributed by atoms with Crippen LogP contribution in [0.4, 0.5) is 0 Å². The first kappa shape index (κ1) is 23.1. The number of nitrogens with zero attached hydrogens (tertiary/aromatic N) is 1. The highest BCUT2D eigenvalue weighted by Gasteiger charge is 2.26. The fourth-order valence-corrected chi connectivity index (χ4v) is 3.34. The Morgan fingerprint density at radius 2 is 2.04 bits per heavy atom. The molecule has 1 aromatic rings. The molecular formula is C18H29Cl2N3O3. The number of aliphatic hydroxyl groups excluding tert-OH is 1. The zero-order valence-corrected chi connectivity index (χ0v) is 16.4. The molecule has 3 unspecified atom stereocenters. The van der Waals surface area contributed by atoms with E-state index < -0.39 is 0 Å². The third-order valence-corrected chi connectivity index (χ3v) is 4.75. The molecule has 2 aliphatic heterocycles. The molecule has 2 heterocycles. The van der Waals surface area contributed by atoms with E-state index in [-0.39, 0.29) is 48.8 Å². The van der Waals surface area contributed by atoms with Gasteiger partial charge in [-0.05, 0) is 5.56 Å². The SMILES string of the molecule is Cl.Cl.O=C(CC1CN(Cc2ccccc2)CCO1)NCC1CNCC1O. The molecule has 148 valence electrons. The largest absolute Gasteiger partial charge is 0.391 e. The number of hydrogen-bond acceptors (Lipinski definition) is 5. The molecule has 26 heavy (non-hydrogen) atoms. The molecule has 1 amide bonds. The number of nitrogens with one attached hydrogen (secondary N) is 2. The zero-order chi connectivity index (χ0) is 16.8. The van der Waals surface area contributed by atoms with Gasteiger partial charge in [0, 0.05) is 45.2 Å². The Kier molecular flexibility index (Phi) is 10.5. The predicted octanol–water partition coefficient (Wildman–Crippen LogP) is 0.818. The number of ether oxygens (including phenoxy) is 1. The van der Waals surface area contributed by atoms with Gasteiger partial charge >= 0.3 is 0 Å². The average Bonchev–Trinajstić information content (AvgIpc) is 2.99. The summed E-state index contributed by atoms with van der Waals surface area (Å²) in [4.78, 5) is 14.5. The molecule has 0 saturated carbocycles. The molecule has 3 rings (SSSR count). The summed E-state index contributed by atoms with van der Waals surface area (Å²) >= 11 is 0. The van der Waals surface area contributed by atoms with Gasteiger partial charge in [0.15, 0.2) is 0 Å². The maximum atomic E-state index is 12.1. The molecular weight excluding hydrogens is 377 g/mol. The van der Waals surface area contributed by atoms with Crippen LogP contribution in [0.15, 0.2) is 30.3 Å². The highest BCUT2D eigenvalue weighted by molar-refractivity contribution is 5.85. The van der Waals surface area contributed by atoms with Crippen molar-refractivity contribution in [3.63, 3.8) is 0 Å². The first-order valence-electron chi connectivity index (χ1n) is 8.74. The average molecular weight is 406 g/mol. The molecule has 0 bridgehead atoms. The predicted molar refractivity (Wildman–Crippen MR) is 106 cm³/mol. The Labute approximate surface area is 167 Å². The number of halogens is 2. The topological polar surface area (TPSA) is 73.8 Å². The van der Waals surface area contributed by atoms with Crippen LogP contribution in [-0.4, -0.2) is 67.5 Å².